The number of nitrogens with two attached hydrogens (primary N) is 1. The molecule has 1 aromatic rings. The van der Waals surface area contributed by atoms with Crippen molar-refractivity contribution in [2.45, 2.75) is 32.2 Å². The van der Waals surface area contributed by atoms with Crippen molar-refractivity contribution in [1.82, 2.24) is 5.43 Å². The molecule has 1 atom stereocenters. The number of hydrazine groups is 1. The lowest BCUT2D eigenvalue weighted by atomic mass is 9.96. The largest absolute Gasteiger partial charge is 0.368 e. The van der Waals surface area contributed by atoms with E-state index in [-0.39, 0.29) is 5.91 Å². The first-order valence-electron chi connectivity index (χ1n) is 6.06. The van der Waals surface area contributed by atoms with Crippen molar-refractivity contribution >= 4 is 11.6 Å². The minimum absolute atomic E-state index is 0.111. The Morgan fingerprint density at radius 1 is 1.53 bits per heavy atom. The maximum atomic E-state index is 11.2. The van der Waals surface area contributed by atoms with Gasteiger partial charge in [0.05, 0.1) is 0 Å². The second-order valence-electron chi connectivity index (χ2n) is 4.53. The van der Waals surface area contributed by atoms with Crippen LogP contribution in [0.15, 0.2) is 24.3 Å². The second-order valence-corrected chi connectivity index (χ2v) is 4.53. The van der Waals surface area contributed by atoms with Crippen LogP contribution in [-0.4, -0.2) is 18.5 Å². The molecule has 1 aliphatic heterocycles. The summed E-state index contributed by atoms with van der Waals surface area (Å²) in [5, 5.41) is 0. The molecular formula is C13H19N3O. The van der Waals surface area contributed by atoms with Gasteiger partial charge in [-0.15, -0.1) is 0 Å². The molecule has 4 nitrogen and oxygen atoms in total. The Kier molecular flexibility index (Phi) is 3.64. The first-order chi connectivity index (χ1) is 8.22. The molecule has 2 rings (SSSR count). The van der Waals surface area contributed by atoms with Gasteiger partial charge in [-0.1, -0.05) is 18.2 Å². The van der Waals surface area contributed by atoms with Crippen LogP contribution in [0.4, 0.5) is 5.69 Å². The van der Waals surface area contributed by atoms with Crippen LogP contribution in [-0.2, 0) is 11.2 Å². The third kappa shape index (κ3) is 2.58. The van der Waals surface area contributed by atoms with E-state index in [1.807, 2.05) is 6.07 Å². The summed E-state index contributed by atoms with van der Waals surface area (Å²) in [4.78, 5) is 13.5. The molecule has 0 radical (unpaired) electrons. The number of nitrogens with zero attached hydrogens (tertiary/aromatic N) is 1. The number of carbonyl (C=O) groups excluding carboxylic acids is 1. The molecule has 1 aromatic carbocycles. The van der Waals surface area contributed by atoms with Crippen molar-refractivity contribution in [3.05, 3.63) is 29.8 Å². The molecule has 0 saturated carbocycles. The Morgan fingerprint density at radius 3 is 3.06 bits per heavy atom. The number of rotatable bonds is 3. The van der Waals surface area contributed by atoms with Gasteiger partial charge >= 0.3 is 0 Å². The van der Waals surface area contributed by atoms with E-state index in [4.69, 9.17) is 5.84 Å². The summed E-state index contributed by atoms with van der Waals surface area (Å²) in [5.41, 5.74) is 4.81. The SMILES string of the molecule is CC1CCc2ccccc2N1CCC(=O)NN. The van der Waals surface area contributed by atoms with Crippen LogP contribution in [0.1, 0.15) is 25.3 Å². The van der Waals surface area contributed by atoms with E-state index in [2.05, 4.69) is 35.4 Å². The summed E-state index contributed by atoms with van der Waals surface area (Å²) in [6.45, 7) is 2.93. The number of hydrogen-bond acceptors (Lipinski definition) is 3. The van der Waals surface area contributed by atoms with Gasteiger partial charge in [-0.3, -0.25) is 10.2 Å². The van der Waals surface area contributed by atoms with Gasteiger partial charge in [0.2, 0.25) is 5.91 Å². The van der Waals surface area contributed by atoms with Gasteiger partial charge < -0.3 is 4.90 Å². The van der Waals surface area contributed by atoms with Gasteiger partial charge in [0.1, 0.15) is 0 Å². The monoisotopic (exact) mass is 233 g/mol. The van der Waals surface area contributed by atoms with Crippen LogP contribution in [0.3, 0.4) is 0 Å². The maximum Gasteiger partial charge on any atom is 0.235 e. The normalized spacial score (nSPS) is 18.7. The van der Waals surface area contributed by atoms with E-state index in [1.165, 1.54) is 11.3 Å². The van der Waals surface area contributed by atoms with E-state index in [9.17, 15) is 4.79 Å². The fraction of sp³-hybridized carbons (Fsp3) is 0.462. The molecular weight excluding hydrogens is 214 g/mol. The number of nitrogens with one attached hydrogen (secondary N) is 1. The summed E-state index contributed by atoms with van der Waals surface area (Å²) >= 11 is 0. The average molecular weight is 233 g/mol. The minimum Gasteiger partial charge on any atom is -0.368 e. The first kappa shape index (κ1) is 11.9. The quantitative estimate of drug-likeness (QED) is 0.468. The lowest BCUT2D eigenvalue weighted by molar-refractivity contribution is -0.120. The highest BCUT2D eigenvalue weighted by atomic mass is 16.2. The van der Waals surface area contributed by atoms with Crippen LogP contribution >= 0.6 is 0 Å². The van der Waals surface area contributed by atoms with Crippen LogP contribution in [0.5, 0.6) is 0 Å². The highest BCUT2D eigenvalue weighted by Gasteiger charge is 2.22. The number of hydrogen-bond donors (Lipinski definition) is 2. The number of carbonyl (C=O) groups is 1. The fourth-order valence-corrected chi connectivity index (χ4v) is 2.40. The van der Waals surface area contributed by atoms with Crippen LogP contribution in [0, 0.1) is 0 Å². The Hall–Kier alpha value is -1.55. The van der Waals surface area contributed by atoms with Crippen molar-refractivity contribution in [1.29, 1.82) is 0 Å². The Bertz CT molecular complexity index is 405. The molecule has 0 spiro atoms. The smallest absolute Gasteiger partial charge is 0.235 e. The number of para-hydroxylation sites is 1. The number of amides is 1. The highest BCUT2D eigenvalue weighted by Crippen LogP contribution is 2.30. The van der Waals surface area contributed by atoms with Gasteiger partial charge in [-0.05, 0) is 31.4 Å². The third-order valence-electron chi connectivity index (χ3n) is 3.41. The molecule has 17 heavy (non-hydrogen) atoms. The van der Waals surface area contributed by atoms with Gasteiger partial charge in [0, 0.05) is 24.7 Å². The summed E-state index contributed by atoms with van der Waals surface area (Å²) in [6, 6.07) is 8.89. The predicted octanol–water partition coefficient (Wildman–Crippen LogP) is 1.21. The van der Waals surface area contributed by atoms with E-state index in [0.29, 0.717) is 12.5 Å². The summed E-state index contributed by atoms with van der Waals surface area (Å²) < 4.78 is 0. The van der Waals surface area contributed by atoms with Crippen molar-refractivity contribution in [2.24, 2.45) is 5.84 Å². The fourth-order valence-electron chi connectivity index (χ4n) is 2.40. The minimum atomic E-state index is -0.111. The van der Waals surface area contributed by atoms with Crippen LogP contribution in [0.2, 0.25) is 0 Å². The van der Waals surface area contributed by atoms with Crippen LogP contribution in [0.25, 0.3) is 0 Å². The topological polar surface area (TPSA) is 58.4 Å². The van der Waals surface area contributed by atoms with E-state index >= 15 is 0 Å². The van der Waals surface area contributed by atoms with Crippen molar-refractivity contribution < 1.29 is 4.79 Å². The maximum absolute atomic E-state index is 11.2. The Labute approximate surface area is 102 Å². The lowest BCUT2D eigenvalue weighted by Crippen LogP contribution is -2.40. The predicted molar refractivity (Wildman–Crippen MR) is 68.5 cm³/mol. The molecule has 3 N–H and O–H groups in total. The van der Waals surface area contributed by atoms with Gasteiger partial charge in [0.25, 0.3) is 0 Å². The van der Waals surface area contributed by atoms with Crippen molar-refractivity contribution in [3.8, 4) is 0 Å². The van der Waals surface area contributed by atoms with E-state index in [1.54, 1.807) is 0 Å². The average Bonchev–Trinajstić information content (AvgIpc) is 2.37. The lowest BCUT2D eigenvalue weighted by Gasteiger charge is -2.37. The molecule has 0 bridgehead atoms. The number of aryl methyl sites for hydroxylation is 1. The standard InChI is InChI=1S/C13H19N3O/c1-10-6-7-11-4-2-3-5-12(11)16(10)9-8-13(17)15-14/h2-5,10H,6-9,14H2,1H3,(H,15,17). The van der Waals surface area contributed by atoms with Crippen molar-refractivity contribution in [2.75, 3.05) is 11.4 Å². The van der Waals surface area contributed by atoms with Crippen molar-refractivity contribution in [3.63, 3.8) is 0 Å². The molecule has 0 fully saturated rings. The van der Waals surface area contributed by atoms with Gasteiger partial charge in [-0.2, -0.15) is 0 Å². The van der Waals surface area contributed by atoms with Gasteiger partial charge in [-0.25, -0.2) is 5.84 Å². The molecule has 0 saturated heterocycles. The Morgan fingerprint density at radius 2 is 2.29 bits per heavy atom. The van der Waals surface area contributed by atoms with Gasteiger partial charge in [0.15, 0.2) is 0 Å². The molecule has 92 valence electrons. The van der Waals surface area contributed by atoms with E-state index in [0.717, 1.165) is 19.4 Å². The molecule has 1 heterocycles. The van der Waals surface area contributed by atoms with E-state index < -0.39 is 0 Å². The molecule has 1 amide bonds. The molecule has 4 heteroatoms. The summed E-state index contributed by atoms with van der Waals surface area (Å²) in [7, 11) is 0. The second kappa shape index (κ2) is 5.19. The molecule has 1 aliphatic rings. The first-order valence-corrected chi connectivity index (χ1v) is 6.06. The summed E-state index contributed by atoms with van der Waals surface area (Å²) in [5.74, 6) is 4.99. The third-order valence-corrected chi connectivity index (χ3v) is 3.41. The van der Waals surface area contributed by atoms with Crippen LogP contribution < -0.4 is 16.2 Å². The summed E-state index contributed by atoms with van der Waals surface area (Å²) in [6.07, 6.45) is 2.70. The zero-order valence-corrected chi connectivity index (χ0v) is 10.1. The zero-order chi connectivity index (χ0) is 12.3. The number of fused-ring (bicyclic) bond motifs is 1. The molecule has 1 unspecified atom stereocenters. The molecule has 0 aliphatic carbocycles. The highest BCUT2D eigenvalue weighted by molar-refractivity contribution is 5.76. The number of anilines is 1. The zero-order valence-electron chi connectivity index (χ0n) is 10.1. The number of benzene rings is 1. The Balaban J connectivity index is 2.12. The molecule has 0 aromatic heterocycles.